The van der Waals surface area contributed by atoms with Gasteiger partial charge >= 0.3 is 0 Å². The zero-order valence-electron chi connectivity index (χ0n) is 14.1. The number of benzene rings is 2. The second-order valence-corrected chi connectivity index (χ2v) is 7.09. The molecular weight excluding hydrogens is 354 g/mol. The van der Waals surface area contributed by atoms with E-state index in [1.807, 2.05) is 49.4 Å². The molecule has 1 fully saturated rings. The van der Waals surface area contributed by atoms with Crippen molar-refractivity contribution < 1.29 is 14.3 Å². The number of nitrogens with zero attached hydrogens (tertiary/aromatic N) is 1. The van der Waals surface area contributed by atoms with Gasteiger partial charge in [0.25, 0.3) is 5.91 Å². The van der Waals surface area contributed by atoms with Crippen LogP contribution in [0.25, 0.3) is 6.08 Å². The lowest BCUT2D eigenvalue weighted by molar-refractivity contribution is -0.113. The highest BCUT2D eigenvalue weighted by atomic mass is 32.2. The van der Waals surface area contributed by atoms with Gasteiger partial charge in [0.05, 0.1) is 24.8 Å². The van der Waals surface area contributed by atoms with Crippen molar-refractivity contribution in [3.05, 3.63) is 58.5 Å². The van der Waals surface area contributed by atoms with Crippen molar-refractivity contribution in [3.8, 4) is 11.5 Å². The minimum atomic E-state index is -0.130. The van der Waals surface area contributed by atoms with E-state index in [0.29, 0.717) is 20.7 Å². The number of aryl methyl sites for hydroxylation is 1. The lowest BCUT2D eigenvalue weighted by atomic mass is 10.1. The average Bonchev–Trinajstić information content (AvgIpc) is 2.89. The van der Waals surface area contributed by atoms with Gasteiger partial charge < -0.3 is 9.47 Å². The van der Waals surface area contributed by atoms with Gasteiger partial charge in [0, 0.05) is 5.56 Å². The number of ether oxygens (including phenoxy) is 2. The quantitative estimate of drug-likeness (QED) is 0.588. The number of thiocarbonyl (C=S) groups is 1. The van der Waals surface area contributed by atoms with Crippen LogP contribution in [0.3, 0.4) is 0 Å². The summed E-state index contributed by atoms with van der Waals surface area (Å²) in [6.07, 6.45) is 1.79. The third-order valence-corrected chi connectivity index (χ3v) is 5.18. The van der Waals surface area contributed by atoms with E-state index in [-0.39, 0.29) is 5.91 Å². The van der Waals surface area contributed by atoms with Crippen molar-refractivity contribution in [1.29, 1.82) is 0 Å². The maximum atomic E-state index is 12.9. The van der Waals surface area contributed by atoms with E-state index < -0.39 is 0 Å². The first kappa shape index (κ1) is 17.5. The summed E-state index contributed by atoms with van der Waals surface area (Å²) in [7, 11) is 3.20. The van der Waals surface area contributed by atoms with Gasteiger partial charge in [0.1, 0.15) is 11.5 Å². The molecule has 1 heterocycles. The van der Waals surface area contributed by atoms with E-state index in [0.717, 1.165) is 16.8 Å². The Balaban J connectivity index is 2.00. The number of carbonyl (C=O) groups excluding carboxylic acids is 1. The zero-order chi connectivity index (χ0) is 18.0. The Morgan fingerprint density at radius 3 is 2.56 bits per heavy atom. The molecule has 128 valence electrons. The van der Waals surface area contributed by atoms with Crippen LogP contribution in [-0.4, -0.2) is 24.4 Å². The summed E-state index contributed by atoms with van der Waals surface area (Å²) in [6, 6.07) is 13.2. The molecule has 1 aliphatic heterocycles. The highest BCUT2D eigenvalue weighted by Gasteiger charge is 2.34. The first-order valence-electron chi connectivity index (χ1n) is 7.60. The number of carbonyl (C=O) groups is 1. The Labute approximate surface area is 156 Å². The Morgan fingerprint density at radius 2 is 1.88 bits per heavy atom. The number of para-hydroxylation sites is 1. The van der Waals surface area contributed by atoms with E-state index in [1.165, 1.54) is 11.8 Å². The van der Waals surface area contributed by atoms with E-state index in [1.54, 1.807) is 25.2 Å². The third-order valence-electron chi connectivity index (χ3n) is 3.87. The molecule has 0 saturated carbocycles. The second-order valence-electron chi connectivity index (χ2n) is 5.41. The van der Waals surface area contributed by atoms with Gasteiger partial charge in [0.2, 0.25) is 0 Å². The molecule has 0 radical (unpaired) electrons. The smallest absolute Gasteiger partial charge is 0.270 e. The minimum Gasteiger partial charge on any atom is -0.497 e. The second kappa shape index (κ2) is 7.29. The number of rotatable bonds is 4. The van der Waals surface area contributed by atoms with Crippen LogP contribution in [0.4, 0.5) is 5.69 Å². The lowest BCUT2D eigenvalue weighted by Crippen LogP contribution is -2.28. The molecule has 1 amide bonds. The number of hydrogen-bond acceptors (Lipinski definition) is 5. The molecule has 2 aromatic rings. The molecule has 0 unspecified atom stereocenters. The number of hydrogen-bond donors (Lipinski definition) is 0. The van der Waals surface area contributed by atoms with Crippen LogP contribution in [0.5, 0.6) is 11.5 Å². The summed E-state index contributed by atoms with van der Waals surface area (Å²) < 4.78 is 11.2. The topological polar surface area (TPSA) is 38.8 Å². The Kier molecular flexibility index (Phi) is 5.11. The molecule has 4 nitrogen and oxygen atoms in total. The molecular formula is C19H17NO3S2. The fourth-order valence-electron chi connectivity index (χ4n) is 2.58. The monoisotopic (exact) mass is 371 g/mol. The van der Waals surface area contributed by atoms with Crippen LogP contribution in [0.15, 0.2) is 47.4 Å². The van der Waals surface area contributed by atoms with Crippen molar-refractivity contribution >= 4 is 46.0 Å². The van der Waals surface area contributed by atoms with Crippen molar-refractivity contribution in [1.82, 2.24) is 0 Å². The molecule has 0 spiro atoms. The van der Waals surface area contributed by atoms with Gasteiger partial charge in [-0.25, -0.2) is 0 Å². The first-order chi connectivity index (χ1) is 12.0. The van der Waals surface area contributed by atoms with Crippen molar-refractivity contribution in [2.75, 3.05) is 19.1 Å². The van der Waals surface area contributed by atoms with Gasteiger partial charge in [-0.15, -0.1) is 0 Å². The molecule has 1 aliphatic rings. The fraction of sp³-hybridized carbons (Fsp3) is 0.158. The van der Waals surface area contributed by atoms with Crippen molar-refractivity contribution in [3.63, 3.8) is 0 Å². The Bertz CT molecular complexity index is 877. The van der Waals surface area contributed by atoms with E-state index in [2.05, 4.69) is 0 Å². The molecule has 0 bridgehead atoms. The first-order valence-corrected chi connectivity index (χ1v) is 8.83. The summed E-state index contributed by atoms with van der Waals surface area (Å²) in [4.78, 5) is 15.0. The Hall–Kier alpha value is -2.31. The molecule has 0 N–H and O–H groups in total. The van der Waals surface area contributed by atoms with Crippen LogP contribution < -0.4 is 14.4 Å². The summed E-state index contributed by atoms with van der Waals surface area (Å²) in [5.41, 5.74) is 2.58. The SMILES string of the molecule is COc1ccc(OC)c(C=C2SC(=S)N(c3ccccc3C)C2=O)c1. The molecule has 3 rings (SSSR count). The number of thioether (sulfide) groups is 1. The maximum absolute atomic E-state index is 12.9. The van der Waals surface area contributed by atoms with E-state index in [9.17, 15) is 4.79 Å². The molecule has 0 aliphatic carbocycles. The average molecular weight is 371 g/mol. The van der Waals surface area contributed by atoms with Crippen LogP contribution in [0.1, 0.15) is 11.1 Å². The van der Waals surface area contributed by atoms with E-state index >= 15 is 0 Å². The predicted octanol–water partition coefficient (Wildman–Crippen LogP) is 4.42. The molecule has 2 aromatic carbocycles. The highest BCUT2D eigenvalue weighted by Crippen LogP contribution is 2.38. The molecule has 1 saturated heterocycles. The molecule has 0 atom stereocenters. The summed E-state index contributed by atoms with van der Waals surface area (Å²) >= 11 is 6.72. The van der Waals surface area contributed by atoms with E-state index in [4.69, 9.17) is 21.7 Å². The number of methoxy groups -OCH3 is 2. The van der Waals surface area contributed by atoms with Crippen LogP contribution in [0.2, 0.25) is 0 Å². The summed E-state index contributed by atoms with van der Waals surface area (Å²) in [5.74, 6) is 1.23. The lowest BCUT2D eigenvalue weighted by Gasteiger charge is -2.16. The van der Waals surface area contributed by atoms with Crippen LogP contribution in [-0.2, 0) is 4.79 Å². The normalized spacial score (nSPS) is 15.8. The Morgan fingerprint density at radius 1 is 1.12 bits per heavy atom. The van der Waals surface area contributed by atoms with Gasteiger partial charge in [-0.1, -0.05) is 42.2 Å². The molecule has 0 aromatic heterocycles. The van der Waals surface area contributed by atoms with Gasteiger partial charge in [0.15, 0.2) is 4.32 Å². The van der Waals surface area contributed by atoms with Crippen LogP contribution in [0, 0.1) is 6.92 Å². The van der Waals surface area contributed by atoms with Crippen LogP contribution >= 0.6 is 24.0 Å². The maximum Gasteiger partial charge on any atom is 0.270 e. The standard InChI is InChI=1S/C19H17NO3S2/c1-12-6-4-5-7-15(12)20-18(21)17(25-19(20)24)11-13-10-14(22-2)8-9-16(13)23-3/h4-11H,1-3H3. The van der Waals surface area contributed by atoms with Gasteiger partial charge in [-0.2, -0.15) is 0 Å². The third kappa shape index (κ3) is 3.41. The zero-order valence-corrected chi connectivity index (χ0v) is 15.7. The molecule has 25 heavy (non-hydrogen) atoms. The highest BCUT2D eigenvalue weighted by molar-refractivity contribution is 8.27. The number of anilines is 1. The van der Waals surface area contributed by atoms with Gasteiger partial charge in [-0.3, -0.25) is 9.69 Å². The predicted molar refractivity (Wildman–Crippen MR) is 106 cm³/mol. The van der Waals surface area contributed by atoms with Crippen molar-refractivity contribution in [2.24, 2.45) is 0 Å². The summed E-state index contributed by atoms with van der Waals surface area (Å²) in [6.45, 7) is 1.96. The fourth-order valence-corrected chi connectivity index (χ4v) is 3.86. The number of amides is 1. The van der Waals surface area contributed by atoms with Gasteiger partial charge in [-0.05, 0) is 42.8 Å². The largest absolute Gasteiger partial charge is 0.497 e. The molecule has 6 heteroatoms. The minimum absolute atomic E-state index is 0.130. The van der Waals surface area contributed by atoms with Crippen molar-refractivity contribution in [2.45, 2.75) is 6.92 Å². The summed E-state index contributed by atoms with van der Waals surface area (Å²) in [5, 5.41) is 0.